The zero-order chi connectivity index (χ0) is 15.7. The highest BCUT2D eigenvalue weighted by Gasteiger charge is 2.17. The molecule has 0 bridgehead atoms. The molecule has 0 spiro atoms. The maximum Gasteiger partial charge on any atom is 0.118 e. The van der Waals surface area contributed by atoms with Crippen molar-refractivity contribution in [3.05, 3.63) is 29.8 Å². The van der Waals surface area contributed by atoms with Gasteiger partial charge in [0.25, 0.3) is 0 Å². The van der Waals surface area contributed by atoms with Crippen molar-refractivity contribution in [2.24, 2.45) is 5.92 Å². The van der Waals surface area contributed by atoms with E-state index < -0.39 is 0 Å². The summed E-state index contributed by atoms with van der Waals surface area (Å²) in [5, 5.41) is 3.69. The summed E-state index contributed by atoms with van der Waals surface area (Å²) in [6.45, 7) is 10.0. The summed E-state index contributed by atoms with van der Waals surface area (Å²) in [5.74, 6) is 1.62. The van der Waals surface area contributed by atoms with Crippen molar-refractivity contribution < 1.29 is 4.74 Å². The Balaban J connectivity index is 2.53. The van der Waals surface area contributed by atoms with E-state index in [4.69, 9.17) is 4.74 Å². The normalized spacial score (nSPS) is 14.2. The Morgan fingerprint density at radius 1 is 1.19 bits per heavy atom. The Bertz CT molecular complexity index is 377. The van der Waals surface area contributed by atoms with Crippen molar-refractivity contribution in [2.45, 2.75) is 46.2 Å². The van der Waals surface area contributed by atoms with E-state index in [0.29, 0.717) is 12.0 Å². The molecule has 1 N–H and O–H groups in total. The summed E-state index contributed by atoms with van der Waals surface area (Å²) in [4.78, 5) is 2.40. The summed E-state index contributed by atoms with van der Waals surface area (Å²) in [5.41, 5.74) is 1.33. The van der Waals surface area contributed by atoms with E-state index in [1.807, 2.05) is 12.1 Å². The summed E-state index contributed by atoms with van der Waals surface area (Å²) < 4.78 is 5.21. The van der Waals surface area contributed by atoms with Crippen molar-refractivity contribution in [2.75, 3.05) is 27.2 Å². The molecule has 0 aliphatic heterocycles. The number of nitrogens with zero attached hydrogens (tertiary/aromatic N) is 1. The number of rotatable bonds is 10. The highest BCUT2D eigenvalue weighted by atomic mass is 16.5. The lowest BCUT2D eigenvalue weighted by molar-refractivity contribution is 0.238. The first-order valence-electron chi connectivity index (χ1n) is 8.15. The molecule has 1 aromatic carbocycles. The van der Waals surface area contributed by atoms with Crippen molar-refractivity contribution in [1.82, 2.24) is 10.2 Å². The van der Waals surface area contributed by atoms with Crippen LogP contribution in [-0.4, -0.2) is 38.2 Å². The highest BCUT2D eigenvalue weighted by molar-refractivity contribution is 5.27. The van der Waals surface area contributed by atoms with Crippen molar-refractivity contribution in [3.8, 4) is 5.75 Å². The molecule has 1 rings (SSSR count). The van der Waals surface area contributed by atoms with E-state index in [9.17, 15) is 0 Å². The van der Waals surface area contributed by atoms with Crippen LogP contribution in [0.15, 0.2) is 24.3 Å². The molecule has 0 heterocycles. The fourth-order valence-corrected chi connectivity index (χ4v) is 2.50. The van der Waals surface area contributed by atoms with Gasteiger partial charge in [-0.15, -0.1) is 0 Å². The van der Waals surface area contributed by atoms with Gasteiger partial charge in [-0.05, 0) is 43.6 Å². The van der Waals surface area contributed by atoms with Gasteiger partial charge in [0.2, 0.25) is 0 Å². The minimum Gasteiger partial charge on any atom is -0.497 e. The second-order valence-corrected chi connectivity index (χ2v) is 5.99. The Labute approximate surface area is 130 Å². The van der Waals surface area contributed by atoms with E-state index in [1.165, 1.54) is 18.4 Å². The zero-order valence-corrected chi connectivity index (χ0v) is 14.4. The first-order valence-corrected chi connectivity index (χ1v) is 8.15. The summed E-state index contributed by atoms with van der Waals surface area (Å²) >= 11 is 0. The SMILES string of the molecule is CCCNC(CN(C)Cc1ccc(OC)cc1)C(C)CC. The van der Waals surface area contributed by atoms with E-state index in [0.717, 1.165) is 25.4 Å². The molecule has 0 saturated carbocycles. The van der Waals surface area contributed by atoms with Crippen LogP contribution >= 0.6 is 0 Å². The molecule has 3 nitrogen and oxygen atoms in total. The number of likely N-dealkylation sites (N-methyl/N-ethyl adjacent to an activating group) is 1. The van der Waals surface area contributed by atoms with Crippen molar-refractivity contribution in [3.63, 3.8) is 0 Å². The average molecular weight is 292 g/mol. The van der Waals surface area contributed by atoms with Crippen LogP contribution in [0.5, 0.6) is 5.75 Å². The van der Waals surface area contributed by atoms with Gasteiger partial charge in [0.1, 0.15) is 5.75 Å². The molecule has 0 saturated heterocycles. The number of ether oxygens (including phenoxy) is 1. The second kappa shape index (κ2) is 9.80. The van der Waals surface area contributed by atoms with Gasteiger partial charge in [-0.2, -0.15) is 0 Å². The van der Waals surface area contributed by atoms with Gasteiger partial charge in [-0.1, -0.05) is 39.3 Å². The number of hydrogen-bond donors (Lipinski definition) is 1. The lowest BCUT2D eigenvalue weighted by Gasteiger charge is -2.29. The van der Waals surface area contributed by atoms with E-state index >= 15 is 0 Å². The van der Waals surface area contributed by atoms with Gasteiger partial charge < -0.3 is 15.0 Å². The molecular weight excluding hydrogens is 260 g/mol. The average Bonchev–Trinajstić information content (AvgIpc) is 2.51. The highest BCUT2D eigenvalue weighted by Crippen LogP contribution is 2.14. The molecule has 1 aromatic rings. The van der Waals surface area contributed by atoms with Crippen LogP contribution in [0, 0.1) is 5.92 Å². The molecular formula is C18H32N2O. The fourth-order valence-electron chi connectivity index (χ4n) is 2.50. The minimum atomic E-state index is 0.568. The van der Waals surface area contributed by atoms with Crippen LogP contribution < -0.4 is 10.1 Å². The van der Waals surface area contributed by atoms with Gasteiger partial charge in [-0.25, -0.2) is 0 Å². The Morgan fingerprint density at radius 3 is 2.38 bits per heavy atom. The molecule has 0 fully saturated rings. The molecule has 0 aliphatic rings. The third-order valence-electron chi connectivity index (χ3n) is 4.11. The number of benzene rings is 1. The molecule has 120 valence electrons. The van der Waals surface area contributed by atoms with Gasteiger partial charge in [0, 0.05) is 19.1 Å². The van der Waals surface area contributed by atoms with Crippen LogP contribution in [0.25, 0.3) is 0 Å². The van der Waals surface area contributed by atoms with Crippen LogP contribution in [0.3, 0.4) is 0 Å². The molecule has 3 heteroatoms. The number of hydrogen-bond acceptors (Lipinski definition) is 3. The van der Waals surface area contributed by atoms with Crippen molar-refractivity contribution in [1.29, 1.82) is 0 Å². The zero-order valence-electron chi connectivity index (χ0n) is 14.4. The lowest BCUT2D eigenvalue weighted by atomic mass is 9.98. The summed E-state index contributed by atoms with van der Waals surface area (Å²) in [7, 11) is 3.91. The van der Waals surface area contributed by atoms with E-state index in [1.54, 1.807) is 7.11 Å². The van der Waals surface area contributed by atoms with Crippen molar-refractivity contribution >= 4 is 0 Å². The molecule has 2 unspecified atom stereocenters. The first-order chi connectivity index (χ1) is 10.1. The predicted octanol–water partition coefficient (Wildman–Crippen LogP) is 3.54. The second-order valence-electron chi connectivity index (χ2n) is 5.99. The number of methoxy groups -OCH3 is 1. The van der Waals surface area contributed by atoms with Gasteiger partial charge in [0.05, 0.1) is 7.11 Å². The maximum atomic E-state index is 5.21. The summed E-state index contributed by atoms with van der Waals surface area (Å²) in [6.07, 6.45) is 2.41. The quantitative estimate of drug-likeness (QED) is 0.714. The van der Waals surface area contributed by atoms with Crippen LogP contribution in [0.4, 0.5) is 0 Å². The van der Waals surface area contributed by atoms with Crippen LogP contribution in [0.2, 0.25) is 0 Å². The summed E-state index contributed by atoms with van der Waals surface area (Å²) in [6, 6.07) is 8.92. The van der Waals surface area contributed by atoms with E-state index in [2.05, 4.69) is 50.2 Å². The lowest BCUT2D eigenvalue weighted by Crippen LogP contribution is -2.43. The largest absolute Gasteiger partial charge is 0.497 e. The molecule has 0 aliphatic carbocycles. The molecule has 2 atom stereocenters. The van der Waals surface area contributed by atoms with Crippen LogP contribution in [0.1, 0.15) is 39.2 Å². The monoisotopic (exact) mass is 292 g/mol. The maximum absolute atomic E-state index is 5.21. The minimum absolute atomic E-state index is 0.568. The standard InChI is InChI=1S/C18H32N2O/c1-6-12-19-18(15(3)7-2)14-20(4)13-16-8-10-17(21-5)11-9-16/h8-11,15,18-19H,6-7,12-14H2,1-5H3. The van der Waals surface area contributed by atoms with Gasteiger partial charge in [0.15, 0.2) is 0 Å². The molecule has 0 radical (unpaired) electrons. The van der Waals surface area contributed by atoms with Gasteiger partial charge >= 0.3 is 0 Å². The third kappa shape index (κ3) is 6.49. The Hall–Kier alpha value is -1.06. The van der Waals surface area contributed by atoms with Crippen LogP contribution in [-0.2, 0) is 6.54 Å². The smallest absolute Gasteiger partial charge is 0.118 e. The van der Waals surface area contributed by atoms with E-state index in [-0.39, 0.29) is 0 Å². The number of nitrogens with one attached hydrogen (secondary N) is 1. The molecule has 0 amide bonds. The first kappa shape index (κ1) is 18.0. The fraction of sp³-hybridized carbons (Fsp3) is 0.667. The topological polar surface area (TPSA) is 24.5 Å². The molecule has 21 heavy (non-hydrogen) atoms. The third-order valence-corrected chi connectivity index (χ3v) is 4.11. The Morgan fingerprint density at radius 2 is 1.86 bits per heavy atom. The van der Waals surface area contributed by atoms with Gasteiger partial charge in [-0.3, -0.25) is 0 Å². The Kier molecular flexibility index (Phi) is 8.40. The molecule has 0 aromatic heterocycles. The predicted molar refractivity (Wildman–Crippen MR) is 90.9 cm³/mol.